The molecule has 0 unspecified atom stereocenters. The Hall–Kier alpha value is -3.42. The van der Waals surface area contributed by atoms with Crippen molar-refractivity contribution in [2.24, 2.45) is 5.10 Å². The van der Waals surface area contributed by atoms with Crippen molar-refractivity contribution in [1.82, 2.24) is 10.4 Å². The number of anilines is 1. The molecule has 1 aromatic carbocycles. The van der Waals surface area contributed by atoms with Crippen molar-refractivity contribution in [2.75, 3.05) is 19.5 Å². The minimum atomic E-state index is -0.299. The molecule has 0 aliphatic rings. The average molecular weight is 370 g/mol. The molecule has 142 valence electrons. The number of rotatable bonds is 8. The summed E-state index contributed by atoms with van der Waals surface area (Å²) in [5.74, 6) is 1.05. The van der Waals surface area contributed by atoms with Crippen LogP contribution in [0.3, 0.4) is 0 Å². The number of carbonyl (C=O) groups excluding carboxylic acids is 2. The highest BCUT2D eigenvalue weighted by Crippen LogP contribution is 2.27. The van der Waals surface area contributed by atoms with Crippen LogP contribution in [0.25, 0.3) is 0 Å². The predicted molar refractivity (Wildman–Crippen MR) is 102 cm³/mol. The first-order valence-corrected chi connectivity index (χ1v) is 8.25. The van der Waals surface area contributed by atoms with Gasteiger partial charge in [0.2, 0.25) is 11.8 Å². The zero-order chi connectivity index (χ0) is 19.6. The summed E-state index contributed by atoms with van der Waals surface area (Å²) in [5.41, 5.74) is 3.68. The van der Waals surface area contributed by atoms with Gasteiger partial charge in [-0.15, -0.1) is 0 Å². The molecule has 0 bridgehead atoms. The highest BCUT2D eigenvalue weighted by atomic mass is 16.5. The van der Waals surface area contributed by atoms with E-state index in [0.29, 0.717) is 23.0 Å². The molecule has 27 heavy (non-hydrogen) atoms. The number of methoxy groups -OCH3 is 2. The smallest absolute Gasteiger partial charge is 0.244 e. The molecule has 0 aliphatic heterocycles. The second kappa shape index (κ2) is 9.91. The van der Waals surface area contributed by atoms with E-state index in [0.717, 1.165) is 5.56 Å². The lowest BCUT2D eigenvalue weighted by atomic mass is 10.1. The van der Waals surface area contributed by atoms with Gasteiger partial charge in [0.15, 0.2) is 11.5 Å². The summed E-state index contributed by atoms with van der Waals surface area (Å²) < 4.78 is 10.4. The highest BCUT2D eigenvalue weighted by molar-refractivity contribution is 6.05. The van der Waals surface area contributed by atoms with E-state index in [4.69, 9.17) is 9.47 Å². The molecule has 0 fully saturated rings. The number of benzene rings is 1. The molecule has 0 atom stereocenters. The molecule has 1 heterocycles. The first kappa shape index (κ1) is 19.9. The standard InChI is InChI=1S/C19H22N4O4/c1-13(10-18(24)21-17-6-4-5-9-20-17)22-23-19(25)12-14-7-8-15(26-2)16(11-14)27-3/h4-9,11H,10,12H2,1-3H3,(H,23,25)(H,20,21,24)/b22-13+. The molecule has 0 radical (unpaired) electrons. The predicted octanol–water partition coefficient (Wildman–Crippen LogP) is 2.16. The molecule has 1 aromatic heterocycles. The number of aromatic nitrogens is 1. The largest absolute Gasteiger partial charge is 0.493 e. The van der Waals surface area contributed by atoms with Gasteiger partial charge in [-0.3, -0.25) is 9.59 Å². The van der Waals surface area contributed by atoms with Gasteiger partial charge < -0.3 is 14.8 Å². The summed E-state index contributed by atoms with van der Waals surface area (Å²) in [6, 6.07) is 10.5. The number of nitrogens with one attached hydrogen (secondary N) is 2. The van der Waals surface area contributed by atoms with Gasteiger partial charge in [0.1, 0.15) is 5.82 Å². The second-order valence-electron chi connectivity index (χ2n) is 5.69. The van der Waals surface area contributed by atoms with E-state index in [-0.39, 0.29) is 24.7 Å². The average Bonchev–Trinajstić information content (AvgIpc) is 2.67. The summed E-state index contributed by atoms with van der Waals surface area (Å²) in [6.07, 6.45) is 1.76. The zero-order valence-electron chi connectivity index (χ0n) is 15.5. The van der Waals surface area contributed by atoms with E-state index in [2.05, 4.69) is 20.8 Å². The molecule has 0 saturated carbocycles. The van der Waals surface area contributed by atoms with Crippen LogP contribution in [0.2, 0.25) is 0 Å². The molecule has 0 spiro atoms. The van der Waals surface area contributed by atoms with Gasteiger partial charge in [-0.05, 0) is 36.8 Å². The maximum absolute atomic E-state index is 12.0. The number of hydrogen-bond acceptors (Lipinski definition) is 6. The van der Waals surface area contributed by atoms with Gasteiger partial charge in [0.25, 0.3) is 0 Å². The van der Waals surface area contributed by atoms with Crippen molar-refractivity contribution < 1.29 is 19.1 Å². The van der Waals surface area contributed by atoms with E-state index >= 15 is 0 Å². The molecule has 2 aromatic rings. The lowest BCUT2D eigenvalue weighted by molar-refractivity contribution is -0.120. The first-order valence-electron chi connectivity index (χ1n) is 8.25. The van der Waals surface area contributed by atoms with Crippen molar-refractivity contribution >= 4 is 23.3 Å². The van der Waals surface area contributed by atoms with Crippen LogP contribution in [-0.4, -0.2) is 36.7 Å². The Morgan fingerprint density at radius 2 is 1.85 bits per heavy atom. The van der Waals surface area contributed by atoms with Crippen LogP contribution in [0.5, 0.6) is 11.5 Å². The summed E-state index contributed by atoms with van der Waals surface area (Å²) in [4.78, 5) is 28.0. The number of hydrazone groups is 1. The number of carbonyl (C=O) groups is 2. The van der Waals surface area contributed by atoms with Crippen LogP contribution in [0.15, 0.2) is 47.7 Å². The van der Waals surface area contributed by atoms with Crippen LogP contribution < -0.4 is 20.2 Å². The number of ether oxygens (including phenoxy) is 2. The van der Waals surface area contributed by atoms with E-state index in [1.165, 1.54) is 7.11 Å². The Balaban J connectivity index is 1.85. The summed E-state index contributed by atoms with van der Waals surface area (Å²) in [6.45, 7) is 1.66. The van der Waals surface area contributed by atoms with Crippen molar-refractivity contribution in [3.8, 4) is 11.5 Å². The van der Waals surface area contributed by atoms with Crippen LogP contribution in [0.1, 0.15) is 18.9 Å². The minimum absolute atomic E-state index is 0.0488. The van der Waals surface area contributed by atoms with Crippen molar-refractivity contribution in [3.05, 3.63) is 48.2 Å². The van der Waals surface area contributed by atoms with Crippen LogP contribution >= 0.6 is 0 Å². The fourth-order valence-electron chi connectivity index (χ4n) is 2.27. The molecule has 0 aliphatic carbocycles. The first-order chi connectivity index (χ1) is 13.0. The minimum Gasteiger partial charge on any atom is -0.493 e. The Morgan fingerprint density at radius 3 is 2.52 bits per heavy atom. The van der Waals surface area contributed by atoms with Gasteiger partial charge >= 0.3 is 0 Å². The van der Waals surface area contributed by atoms with Crippen molar-refractivity contribution in [3.63, 3.8) is 0 Å². The lowest BCUT2D eigenvalue weighted by Crippen LogP contribution is -2.23. The molecule has 2 N–H and O–H groups in total. The van der Waals surface area contributed by atoms with Crippen LogP contribution in [-0.2, 0) is 16.0 Å². The van der Waals surface area contributed by atoms with Crippen LogP contribution in [0, 0.1) is 0 Å². The van der Waals surface area contributed by atoms with Gasteiger partial charge in [-0.2, -0.15) is 5.10 Å². The van der Waals surface area contributed by atoms with Gasteiger partial charge in [0, 0.05) is 11.9 Å². The van der Waals surface area contributed by atoms with E-state index in [1.54, 1.807) is 56.6 Å². The number of nitrogens with zero attached hydrogens (tertiary/aromatic N) is 2. The molecule has 2 rings (SSSR count). The molecule has 2 amide bonds. The zero-order valence-corrected chi connectivity index (χ0v) is 15.5. The summed E-state index contributed by atoms with van der Waals surface area (Å²) >= 11 is 0. The maximum Gasteiger partial charge on any atom is 0.244 e. The monoisotopic (exact) mass is 370 g/mol. The third-order valence-corrected chi connectivity index (χ3v) is 3.53. The quantitative estimate of drug-likeness (QED) is 0.548. The topological polar surface area (TPSA) is 102 Å². The van der Waals surface area contributed by atoms with Crippen molar-refractivity contribution in [2.45, 2.75) is 19.8 Å². The Bertz CT molecular complexity index is 822. The molecule has 8 heteroatoms. The third-order valence-electron chi connectivity index (χ3n) is 3.53. The number of amides is 2. The summed E-state index contributed by atoms with van der Waals surface area (Å²) in [7, 11) is 3.08. The molecule has 0 saturated heterocycles. The van der Waals surface area contributed by atoms with Gasteiger partial charge in [-0.25, -0.2) is 10.4 Å². The van der Waals surface area contributed by atoms with E-state index in [1.807, 2.05) is 0 Å². The second-order valence-corrected chi connectivity index (χ2v) is 5.69. The Labute approximate surface area is 157 Å². The van der Waals surface area contributed by atoms with Crippen molar-refractivity contribution in [1.29, 1.82) is 0 Å². The fraction of sp³-hybridized carbons (Fsp3) is 0.263. The normalized spacial score (nSPS) is 10.9. The van der Waals surface area contributed by atoms with E-state index < -0.39 is 0 Å². The van der Waals surface area contributed by atoms with Gasteiger partial charge in [0.05, 0.1) is 27.1 Å². The fourth-order valence-corrected chi connectivity index (χ4v) is 2.27. The molecular weight excluding hydrogens is 348 g/mol. The van der Waals surface area contributed by atoms with Crippen LogP contribution in [0.4, 0.5) is 5.82 Å². The molecule has 8 nitrogen and oxygen atoms in total. The number of pyridine rings is 1. The van der Waals surface area contributed by atoms with E-state index in [9.17, 15) is 9.59 Å². The molecular formula is C19H22N4O4. The van der Waals surface area contributed by atoms with Gasteiger partial charge in [-0.1, -0.05) is 12.1 Å². The SMILES string of the molecule is COc1ccc(CC(=O)N/N=C(\C)CC(=O)Nc2ccccn2)cc1OC. The summed E-state index contributed by atoms with van der Waals surface area (Å²) in [5, 5.41) is 6.61. The lowest BCUT2D eigenvalue weighted by Gasteiger charge is -2.09. The number of hydrogen-bond donors (Lipinski definition) is 2. The highest BCUT2D eigenvalue weighted by Gasteiger charge is 2.09. The maximum atomic E-state index is 12.0. The Kier molecular flexibility index (Phi) is 7.30. The third kappa shape index (κ3) is 6.43. The Morgan fingerprint density at radius 1 is 1.07 bits per heavy atom.